The molecule has 0 aliphatic rings. The van der Waals surface area contributed by atoms with Gasteiger partial charge in [-0.1, -0.05) is 12.1 Å². The summed E-state index contributed by atoms with van der Waals surface area (Å²) in [7, 11) is 0. The van der Waals surface area contributed by atoms with Crippen molar-refractivity contribution in [2.24, 2.45) is 0 Å². The number of hydrogen-bond acceptors (Lipinski definition) is 3. The summed E-state index contributed by atoms with van der Waals surface area (Å²) in [5.41, 5.74) is 0.233. The van der Waals surface area contributed by atoms with Crippen molar-refractivity contribution < 1.29 is 31.1 Å². The molecule has 0 aliphatic heterocycles. The van der Waals surface area contributed by atoms with Gasteiger partial charge in [-0.15, -0.1) is 0 Å². The molecule has 0 aliphatic carbocycles. The lowest BCUT2D eigenvalue weighted by Crippen LogP contribution is -2.38. The van der Waals surface area contributed by atoms with Crippen molar-refractivity contribution in [2.45, 2.75) is 25.0 Å². The van der Waals surface area contributed by atoms with Gasteiger partial charge in [0, 0.05) is 18.1 Å². The van der Waals surface area contributed by atoms with Crippen molar-refractivity contribution in [1.82, 2.24) is 19.1 Å². The van der Waals surface area contributed by atoms with E-state index in [-0.39, 0.29) is 0 Å². The molecule has 4 rings (SSSR count). The van der Waals surface area contributed by atoms with Gasteiger partial charge in [0.05, 0.1) is 35.8 Å². The number of imidazole rings is 2. The molecule has 0 saturated carbocycles. The van der Waals surface area contributed by atoms with Crippen molar-refractivity contribution in [1.29, 1.82) is 0 Å². The Hall–Kier alpha value is -3.50. The molecular formula is C20H14F6N4O. The molecule has 1 atom stereocenters. The van der Waals surface area contributed by atoms with Crippen molar-refractivity contribution in [3.8, 4) is 11.4 Å². The molecule has 0 N–H and O–H groups in total. The lowest BCUT2D eigenvalue weighted by Gasteiger charge is -2.24. The normalized spacial score (nSPS) is 13.5. The first-order valence-corrected chi connectivity index (χ1v) is 8.96. The fourth-order valence-corrected chi connectivity index (χ4v) is 3.11. The Kier molecular flexibility index (Phi) is 5.11. The van der Waals surface area contributed by atoms with E-state index in [1.54, 1.807) is 41.5 Å². The van der Waals surface area contributed by atoms with Crippen molar-refractivity contribution in [2.75, 3.05) is 0 Å². The maximum absolute atomic E-state index is 13.6. The van der Waals surface area contributed by atoms with Gasteiger partial charge in [-0.3, -0.25) is 0 Å². The standard InChI is InChI=1S/C20H14F6N4O/c21-19(22,23)14-3-1-2-4-17(14)31-18(20(24,25)26)10-30-12-28-15-9-13(5-6-16(15)30)29-8-7-27-11-29/h1-9,11-12,18H,10H2. The molecule has 0 radical (unpaired) electrons. The van der Waals surface area contributed by atoms with Crippen LogP contribution in [-0.2, 0) is 12.7 Å². The van der Waals surface area contributed by atoms with Gasteiger partial charge in [0.2, 0.25) is 6.10 Å². The fourth-order valence-electron chi connectivity index (χ4n) is 3.11. The van der Waals surface area contributed by atoms with Crippen LogP contribution in [0.2, 0.25) is 0 Å². The van der Waals surface area contributed by atoms with E-state index in [0.29, 0.717) is 22.8 Å². The number of para-hydroxylation sites is 1. The van der Waals surface area contributed by atoms with Gasteiger partial charge in [-0.25, -0.2) is 9.97 Å². The third-order valence-corrected chi connectivity index (χ3v) is 4.60. The second-order valence-electron chi connectivity index (χ2n) is 6.68. The number of benzene rings is 2. The summed E-state index contributed by atoms with van der Waals surface area (Å²) < 4.78 is 88.1. The average molecular weight is 440 g/mol. The van der Waals surface area contributed by atoms with E-state index in [0.717, 1.165) is 12.1 Å². The quantitative estimate of drug-likeness (QED) is 0.398. The molecule has 0 fully saturated rings. The zero-order valence-corrected chi connectivity index (χ0v) is 15.6. The molecule has 5 nitrogen and oxygen atoms in total. The largest absolute Gasteiger partial charge is 0.478 e. The van der Waals surface area contributed by atoms with E-state index >= 15 is 0 Å². The first-order valence-electron chi connectivity index (χ1n) is 8.96. The van der Waals surface area contributed by atoms with E-state index in [1.807, 2.05) is 0 Å². The van der Waals surface area contributed by atoms with E-state index < -0.39 is 36.3 Å². The van der Waals surface area contributed by atoms with Crippen LogP contribution in [0, 0.1) is 0 Å². The van der Waals surface area contributed by atoms with Crippen molar-refractivity contribution in [3.05, 3.63) is 73.1 Å². The number of ether oxygens (including phenoxy) is 1. The van der Waals surface area contributed by atoms with Gasteiger partial charge < -0.3 is 13.9 Å². The highest BCUT2D eigenvalue weighted by Gasteiger charge is 2.44. The Bertz CT molecular complexity index is 1180. The molecule has 2 heterocycles. The van der Waals surface area contributed by atoms with Gasteiger partial charge in [0.25, 0.3) is 0 Å². The van der Waals surface area contributed by atoms with Crippen LogP contribution in [0.1, 0.15) is 5.56 Å². The minimum atomic E-state index is -4.91. The van der Waals surface area contributed by atoms with Gasteiger partial charge in [-0.05, 0) is 30.3 Å². The smallest absolute Gasteiger partial charge is 0.427 e. The van der Waals surface area contributed by atoms with Crippen LogP contribution < -0.4 is 4.74 Å². The predicted octanol–water partition coefficient (Wildman–Crippen LogP) is 5.25. The van der Waals surface area contributed by atoms with Gasteiger partial charge in [-0.2, -0.15) is 26.3 Å². The lowest BCUT2D eigenvalue weighted by molar-refractivity contribution is -0.200. The molecule has 162 valence electrons. The SMILES string of the molecule is FC(F)(F)c1ccccc1OC(Cn1cnc2cc(-n3ccnc3)ccc21)C(F)(F)F. The molecule has 0 bridgehead atoms. The number of rotatable bonds is 5. The first kappa shape index (κ1) is 20.8. The van der Waals surface area contributed by atoms with Crippen molar-refractivity contribution >= 4 is 11.0 Å². The highest BCUT2D eigenvalue weighted by atomic mass is 19.4. The summed E-state index contributed by atoms with van der Waals surface area (Å²) in [6.07, 6.45) is -6.24. The average Bonchev–Trinajstić information content (AvgIpc) is 3.36. The van der Waals surface area contributed by atoms with E-state index in [1.165, 1.54) is 17.0 Å². The summed E-state index contributed by atoms with van der Waals surface area (Å²) >= 11 is 0. The van der Waals surface area contributed by atoms with Crippen LogP contribution in [0.25, 0.3) is 16.7 Å². The number of halogens is 6. The van der Waals surface area contributed by atoms with Crippen LogP contribution >= 0.6 is 0 Å². The molecule has 2 aromatic heterocycles. The maximum atomic E-state index is 13.6. The van der Waals surface area contributed by atoms with Gasteiger partial charge >= 0.3 is 12.4 Å². The summed E-state index contributed by atoms with van der Waals surface area (Å²) in [6.45, 7) is -0.767. The predicted molar refractivity (Wildman–Crippen MR) is 98.8 cm³/mol. The minimum Gasteiger partial charge on any atom is -0.478 e. The van der Waals surface area contributed by atoms with E-state index in [4.69, 9.17) is 4.74 Å². The number of alkyl halides is 6. The molecule has 1 unspecified atom stereocenters. The topological polar surface area (TPSA) is 44.9 Å². The summed E-state index contributed by atoms with van der Waals surface area (Å²) in [5, 5.41) is 0. The van der Waals surface area contributed by atoms with Gasteiger partial charge in [0.1, 0.15) is 5.75 Å². The summed E-state index contributed by atoms with van der Waals surface area (Å²) in [4.78, 5) is 8.04. The highest BCUT2D eigenvalue weighted by molar-refractivity contribution is 5.77. The number of hydrogen-bond donors (Lipinski definition) is 0. The second kappa shape index (κ2) is 7.64. The van der Waals surface area contributed by atoms with Crippen LogP contribution in [0.15, 0.2) is 67.5 Å². The molecule has 0 saturated heterocycles. The number of nitrogens with zero attached hydrogens (tertiary/aromatic N) is 4. The Labute approximate surface area is 171 Å². The first-order chi connectivity index (χ1) is 14.6. The Balaban J connectivity index is 1.65. The summed E-state index contributed by atoms with van der Waals surface area (Å²) in [5.74, 6) is -0.885. The minimum absolute atomic E-state index is 0.380. The van der Waals surface area contributed by atoms with E-state index in [2.05, 4.69) is 9.97 Å². The molecule has 0 spiro atoms. The van der Waals surface area contributed by atoms with Crippen LogP contribution in [0.5, 0.6) is 5.75 Å². The molecule has 2 aromatic carbocycles. The molecular weight excluding hydrogens is 426 g/mol. The summed E-state index contributed by atoms with van der Waals surface area (Å²) in [6, 6.07) is 8.72. The second-order valence-corrected chi connectivity index (χ2v) is 6.68. The molecule has 0 amide bonds. The zero-order chi connectivity index (χ0) is 22.2. The van der Waals surface area contributed by atoms with Crippen LogP contribution in [-0.4, -0.2) is 31.4 Å². The van der Waals surface area contributed by atoms with Gasteiger partial charge in [0.15, 0.2) is 0 Å². The number of fused-ring (bicyclic) bond motifs is 1. The molecule has 31 heavy (non-hydrogen) atoms. The molecule has 4 aromatic rings. The zero-order valence-electron chi connectivity index (χ0n) is 15.6. The highest BCUT2D eigenvalue weighted by Crippen LogP contribution is 2.38. The fraction of sp³-hybridized carbons (Fsp3) is 0.200. The Morgan fingerprint density at radius 1 is 0.968 bits per heavy atom. The van der Waals surface area contributed by atoms with Crippen LogP contribution in [0.4, 0.5) is 26.3 Å². The van der Waals surface area contributed by atoms with E-state index in [9.17, 15) is 26.3 Å². The third-order valence-electron chi connectivity index (χ3n) is 4.60. The van der Waals surface area contributed by atoms with Crippen LogP contribution in [0.3, 0.4) is 0 Å². The lowest BCUT2D eigenvalue weighted by atomic mass is 10.2. The maximum Gasteiger partial charge on any atom is 0.427 e. The van der Waals surface area contributed by atoms with Crippen molar-refractivity contribution in [3.63, 3.8) is 0 Å². The Morgan fingerprint density at radius 3 is 2.42 bits per heavy atom. The number of aromatic nitrogens is 4. The third kappa shape index (κ3) is 4.35. The Morgan fingerprint density at radius 2 is 1.74 bits per heavy atom. The molecule has 11 heteroatoms. The monoisotopic (exact) mass is 440 g/mol.